The zero-order chi connectivity index (χ0) is 16.8. The lowest BCUT2D eigenvalue weighted by Crippen LogP contribution is -2.37. The quantitative estimate of drug-likeness (QED) is 0.717. The Morgan fingerprint density at radius 1 is 1.29 bits per heavy atom. The number of hydrogen-bond acceptors (Lipinski definition) is 6. The minimum absolute atomic E-state index is 0.0903. The number of furan rings is 1. The van der Waals surface area contributed by atoms with Crippen LogP contribution in [0, 0.1) is 0 Å². The fourth-order valence-electron chi connectivity index (χ4n) is 2.20. The van der Waals surface area contributed by atoms with Gasteiger partial charge >= 0.3 is 6.03 Å². The maximum atomic E-state index is 12.5. The molecular formula is C16H16N4O3S. The average Bonchev–Trinajstić information content (AvgIpc) is 3.29. The lowest BCUT2D eigenvalue weighted by atomic mass is 10.2. The summed E-state index contributed by atoms with van der Waals surface area (Å²) >= 11 is 1.23. The molecule has 2 heterocycles. The number of anilines is 1. The van der Waals surface area contributed by atoms with Crippen molar-refractivity contribution in [2.75, 3.05) is 11.9 Å². The number of aliphatic hydroxyl groups excluding tert-OH is 1. The zero-order valence-electron chi connectivity index (χ0n) is 12.7. The summed E-state index contributed by atoms with van der Waals surface area (Å²) in [4.78, 5) is 14.0. The topological polar surface area (TPSA) is 91.5 Å². The van der Waals surface area contributed by atoms with E-state index in [4.69, 9.17) is 4.42 Å². The Morgan fingerprint density at radius 2 is 2.12 bits per heavy atom. The molecule has 0 aliphatic rings. The number of nitrogens with zero attached hydrogens (tertiary/aromatic N) is 3. The van der Waals surface area contributed by atoms with Gasteiger partial charge in [0.05, 0.1) is 12.8 Å². The number of carbonyl (C=O) groups excluding carboxylic acids is 1. The highest BCUT2D eigenvalue weighted by molar-refractivity contribution is 7.13. The standard InChI is InChI=1S/C16H16N4O3S/c21-13(14-7-4-8-23-14)10-20(9-12-5-2-1-3-6-12)16(22)18-15-19-17-11-24-15/h1-8,11,13,21H,9-10H2,(H,18,19,22). The first-order chi connectivity index (χ1) is 11.7. The van der Waals surface area contributed by atoms with E-state index >= 15 is 0 Å². The van der Waals surface area contributed by atoms with Crippen molar-refractivity contribution < 1.29 is 14.3 Å². The van der Waals surface area contributed by atoms with Crippen molar-refractivity contribution in [3.63, 3.8) is 0 Å². The highest BCUT2D eigenvalue weighted by atomic mass is 32.1. The summed E-state index contributed by atoms with van der Waals surface area (Å²) in [5.74, 6) is 0.414. The van der Waals surface area contributed by atoms with E-state index in [0.29, 0.717) is 17.4 Å². The van der Waals surface area contributed by atoms with Crippen LogP contribution in [0.5, 0.6) is 0 Å². The Bertz CT molecular complexity index is 747. The van der Waals surface area contributed by atoms with Gasteiger partial charge in [0, 0.05) is 6.54 Å². The molecule has 24 heavy (non-hydrogen) atoms. The van der Waals surface area contributed by atoms with Crippen molar-refractivity contribution >= 4 is 22.5 Å². The van der Waals surface area contributed by atoms with Gasteiger partial charge in [-0.25, -0.2) is 4.79 Å². The van der Waals surface area contributed by atoms with Crippen molar-refractivity contribution in [3.05, 3.63) is 65.6 Å². The van der Waals surface area contributed by atoms with Crippen LogP contribution in [0.15, 0.2) is 58.7 Å². The van der Waals surface area contributed by atoms with Gasteiger partial charge in [0.25, 0.3) is 0 Å². The molecule has 2 aromatic heterocycles. The molecule has 0 aliphatic carbocycles. The van der Waals surface area contributed by atoms with Gasteiger partial charge in [-0.15, -0.1) is 10.2 Å². The van der Waals surface area contributed by atoms with E-state index in [1.165, 1.54) is 28.0 Å². The van der Waals surface area contributed by atoms with E-state index in [1.54, 1.807) is 12.1 Å². The zero-order valence-corrected chi connectivity index (χ0v) is 13.5. The van der Waals surface area contributed by atoms with Crippen molar-refractivity contribution in [2.24, 2.45) is 0 Å². The van der Waals surface area contributed by atoms with Crippen molar-refractivity contribution in [3.8, 4) is 0 Å². The van der Waals surface area contributed by atoms with Gasteiger partial charge in [0.2, 0.25) is 5.13 Å². The van der Waals surface area contributed by atoms with Gasteiger partial charge in [-0.1, -0.05) is 41.7 Å². The van der Waals surface area contributed by atoms with E-state index < -0.39 is 6.10 Å². The summed E-state index contributed by atoms with van der Waals surface area (Å²) < 4.78 is 5.20. The summed E-state index contributed by atoms with van der Waals surface area (Å²) in [5, 5.41) is 20.9. The number of carbonyl (C=O) groups is 1. The summed E-state index contributed by atoms with van der Waals surface area (Å²) in [6.07, 6.45) is 0.574. The highest BCUT2D eigenvalue weighted by Gasteiger charge is 2.21. The fraction of sp³-hybridized carbons (Fsp3) is 0.188. The van der Waals surface area contributed by atoms with Crippen LogP contribution in [-0.2, 0) is 6.54 Å². The van der Waals surface area contributed by atoms with Crippen LogP contribution in [0.4, 0.5) is 9.93 Å². The van der Waals surface area contributed by atoms with E-state index in [0.717, 1.165) is 5.56 Å². The predicted octanol–water partition coefficient (Wildman–Crippen LogP) is 2.90. The maximum Gasteiger partial charge on any atom is 0.324 e. The van der Waals surface area contributed by atoms with E-state index in [-0.39, 0.29) is 12.6 Å². The summed E-state index contributed by atoms with van der Waals surface area (Å²) in [6, 6.07) is 12.6. The number of urea groups is 1. The third-order valence-electron chi connectivity index (χ3n) is 3.34. The number of nitrogens with one attached hydrogen (secondary N) is 1. The molecule has 0 bridgehead atoms. The van der Waals surface area contributed by atoms with Gasteiger partial charge in [-0.05, 0) is 17.7 Å². The summed E-state index contributed by atoms with van der Waals surface area (Å²) in [5.41, 5.74) is 2.49. The lowest BCUT2D eigenvalue weighted by Gasteiger charge is -2.24. The molecule has 2 amide bonds. The van der Waals surface area contributed by atoms with E-state index in [9.17, 15) is 9.90 Å². The molecule has 7 nitrogen and oxygen atoms in total. The Labute approximate surface area is 142 Å². The third-order valence-corrected chi connectivity index (χ3v) is 3.95. The van der Waals surface area contributed by atoms with Crippen molar-refractivity contribution in [1.29, 1.82) is 0 Å². The number of aliphatic hydroxyl groups is 1. The molecule has 3 aromatic rings. The van der Waals surface area contributed by atoms with Crippen molar-refractivity contribution in [1.82, 2.24) is 15.1 Å². The Hall–Kier alpha value is -2.71. The number of amides is 2. The summed E-state index contributed by atoms with van der Waals surface area (Å²) in [6.45, 7) is 0.441. The Kier molecular flexibility index (Phi) is 5.19. The molecular weight excluding hydrogens is 328 g/mol. The molecule has 0 fully saturated rings. The highest BCUT2D eigenvalue weighted by Crippen LogP contribution is 2.18. The minimum atomic E-state index is -0.913. The fourth-order valence-corrected chi connectivity index (χ4v) is 2.64. The Balaban J connectivity index is 1.73. The number of hydrogen-bond donors (Lipinski definition) is 2. The first-order valence-corrected chi connectivity index (χ1v) is 8.18. The van der Waals surface area contributed by atoms with Crippen LogP contribution >= 0.6 is 11.3 Å². The molecule has 1 atom stereocenters. The second kappa shape index (κ2) is 7.71. The van der Waals surface area contributed by atoms with Crippen LogP contribution < -0.4 is 5.32 Å². The molecule has 0 aliphatic heterocycles. The first-order valence-electron chi connectivity index (χ1n) is 7.30. The molecule has 1 aromatic carbocycles. The molecule has 2 N–H and O–H groups in total. The first kappa shape index (κ1) is 16.2. The second-order valence-corrected chi connectivity index (χ2v) is 5.90. The smallest absolute Gasteiger partial charge is 0.324 e. The number of aromatic nitrogens is 2. The third kappa shape index (κ3) is 4.18. The van der Waals surface area contributed by atoms with Gasteiger partial charge in [0.1, 0.15) is 17.4 Å². The minimum Gasteiger partial charge on any atom is -0.467 e. The van der Waals surface area contributed by atoms with Crippen LogP contribution in [0.1, 0.15) is 17.4 Å². The number of benzene rings is 1. The lowest BCUT2D eigenvalue weighted by molar-refractivity contribution is 0.105. The number of rotatable bonds is 6. The molecule has 0 saturated carbocycles. The normalized spacial score (nSPS) is 11.9. The Morgan fingerprint density at radius 3 is 2.79 bits per heavy atom. The second-order valence-electron chi connectivity index (χ2n) is 5.07. The van der Waals surface area contributed by atoms with Gasteiger partial charge in [-0.3, -0.25) is 5.32 Å². The average molecular weight is 344 g/mol. The molecule has 3 rings (SSSR count). The van der Waals surface area contributed by atoms with Crippen LogP contribution in [0.3, 0.4) is 0 Å². The maximum absolute atomic E-state index is 12.5. The molecule has 0 radical (unpaired) electrons. The van der Waals surface area contributed by atoms with E-state index in [2.05, 4.69) is 15.5 Å². The molecule has 0 spiro atoms. The molecule has 1 unspecified atom stereocenters. The molecule has 124 valence electrons. The largest absolute Gasteiger partial charge is 0.467 e. The summed E-state index contributed by atoms with van der Waals surface area (Å²) in [7, 11) is 0. The SMILES string of the molecule is O=C(Nc1nncs1)N(Cc1ccccc1)CC(O)c1ccco1. The van der Waals surface area contributed by atoms with E-state index in [1.807, 2.05) is 30.3 Å². The molecule has 8 heteroatoms. The monoisotopic (exact) mass is 344 g/mol. The van der Waals surface area contributed by atoms with Crippen LogP contribution in [0.2, 0.25) is 0 Å². The van der Waals surface area contributed by atoms with Gasteiger partial charge in [-0.2, -0.15) is 0 Å². The predicted molar refractivity (Wildman–Crippen MR) is 89.4 cm³/mol. The van der Waals surface area contributed by atoms with Gasteiger partial charge in [0.15, 0.2) is 0 Å². The van der Waals surface area contributed by atoms with Crippen LogP contribution in [0.25, 0.3) is 0 Å². The van der Waals surface area contributed by atoms with Crippen molar-refractivity contribution in [2.45, 2.75) is 12.6 Å². The molecule has 0 saturated heterocycles. The van der Waals surface area contributed by atoms with Crippen LogP contribution in [-0.4, -0.2) is 32.8 Å². The van der Waals surface area contributed by atoms with Gasteiger partial charge < -0.3 is 14.4 Å².